The van der Waals surface area contributed by atoms with Gasteiger partial charge >= 0.3 is 0 Å². The Morgan fingerprint density at radius 3 is 3.00 bits per heavy atom. The second-order valence-corrected chi connectivity index (χ2v) is 4.21. The minimum absolute atomic E-state index is 0.0255. The molecule has 0 saturated carbocycles. The molecule has 1 amide bonds. The quantitative estimate of drug-likeness (QED) is 0.663. The molecule has 2 saturated heterocycles. The number of nitrogens with zero attached hydrogens (tertiary/aromatic N) is 1. The van der Waals surface area contributed by atoms with Crippen LogP contribution in [0.15, 0.2) is 12.7 Å². The molecule has 0 bridgehead atoms. The van der Waals surface area contributed by atoms with E-state index in [0.717, 1.165) is 13.0 Å². The van der Waals surface area contributed by atoms with Gasteiger partial charge in [0, 0.05) is 18.6 Å². The number of nitrogens with one attached hydrogen (secondary N) is 1. The maximum atomic E-state index is 11.2. The van der Waals surface area contributed by atoms with Gasteiger partial charge in [-0.15, -0.1) is 0 Å². The molecule has 0 aromatic rings. The Kier molecular flexibility index (Phi) is 2.87. The Balaban J connectivity index is 1.93. The van der Waals surface area contributed by atoms with Gasteiger partial charge in [0.15, 0.2) is 0 Å². The average molecular weight is 194 g/mol. The lowest BCUT2D eigenvalue weighted by Gasteiger charge is -2.32. The molecule has 14 heavy (non-hydrogen) atoms. The minimum atomic E-state index is -0.0255. The third-order valence-corrected chi connectivity index (χ3v) is 3.37. The lowest BCUT2D eigenvalue weighted by Crippen LogP contribution is -2.46. The highest BCUT2D eigenvalue weighted by atomic mass is 16.1. The molecule has 3 heteroatoms. The molecule has 2 unspecified atom stereocenters. The van der Waals surface area contributed by atoms with Gasteiger partial charge in [-0.2, -0.15) is 0 Å². The lowest BCUT2D eigenvalue weighted by molar-refractivity contribution is -0.117. The molecule has 2 atom stereocenters. The third kappa shape index (κ3) is 1.82. The normalized spacial score (nSPS) is 32.3. The van der Waals surface area contributed by atoms with Crippen LogP contribution < -0.4 is 5.32 Å². The summed E-state index contributed by atoms with van der Waals surface area (Å²) in [7, 11) is 0. The monoisotopic (exact) mass is 194 g/mol. The zero-order chi connectivity index (χ0) is 9.97. The van der Waals surface area contributed by atoms with Crippen LogP contribution >= 0.6 is 0 Å². The Morgan fingerprint density at radius 2 is 2.21 bits per heavy atom. The summed E-state index contributed by atoms with van der Waals surface area (Å²) in [5.74, 6) is -0.0255. The first-order valence-corrected chi connectivity index (χ1v) is 5.48. The maximum absolute atomic E-state index is 11.2. The number of hydrogen-bond acceptors (Lipinski definition) is 2. The van der Waals surface area contributed by atoms with Gasteiger partial charge in [-0.05, 0) is 31.9 Å². The van der Waals surface area contributed by atoms with Gasteiger partial charge in [-0.1, -0.05) is 13.0 Å². The number of fused-ring (bicyclic) bond motifs is 1. The van der Waals surface area contributed by atoms with Crippen molar-refractivity contribution < 1.29 is 4.79 Å². The van der Waals surface area contributed by atoms with Crippen LogP contribution in [0.5, 0.6) is 0 Å². The SMILES string of the molecule is C=CC(=O)NC1CCN2CCCCC12. The summed E-state index contributed by atoms with van der Waals surface area (Å²) < 4.78 is 0. The molecule has 2 heterocycles. The van der Waals surface area contributed by atoms with E-state index in [1.54, 1.807) is 0 Å². The molecular weight excluding hydrogens is 176 g/mol. The summed E-state index contributed by atoms with van der Waals surface area (Å²) >= 11 is 0. The van der Waals surface area contributed by atoms with Crippen LogP contribution in [-0.4, -0.2) is 36.0 Å². The van der Waals surface area contributed by atoms with Crippen molar-refractivity contribution in [2.45, 2.75) is 37.8 Å². The molecule has 0 aliphatic carbocycles. The fourth-order valence-electron chi connectivity index (χ4n) is 2.66. The molecule has 0 radical (unpaired) electrons. The van der Waals surface area contributed by atoms with E-state index < -0.39 is 0 Å². The fraction of sp³-hybridized carbons (Fsp3) is 0.727. The second kappa shape index (κ2) is 4.13. The molecular formula is C11H18N2O. The van der Waals surface area contributed by atoms with Gasteiger partial charge in [0.05, 0.1) is 0 Å². The summed E-state index contributed by atoms with van der Waals surface area (Å²) in [5, 5.41) is 3.03. The van der Waals surface area contributed by atoms with Crippen molar-refractivity contribution in [1.82, 2.24) is 10.2 Å². The number of rotatable bonds is 2. The van der Waals surface area contributed by atoms with Crippen LogP contribution in [0.2, 0.25) is 0 Å². The van der Waals surface area contributed by atoms with Crippen molar-refractivity contribution >= 4 is 5.91 Å². The van der Waals surface area contributed by atoms with Crippen LogP contribution in [0.25, 0.3) is 0 Å². The van der Waals surface area contributed by atoms with Gasteiger partial charge in [0.25, 0.3) is 0 Å². The minimum Gasteiger partial charge on any atom is -0.348 e. The van der Waals surface area contributed by atoms with E-state index in [4.69, 9.17) is 0 Å². The van der Waals surface area contributed by atoms with Crippen molar-refractivity contribution in [3.63, 3.8) is 0 Å². The second-order valence-electron chi connectivity index (χ2n) is 4.21. The topological polar surface area (TPSA) is 32.3 Å². The van der Waals surface area contributed by atoms with Crippen LogP contribution in [0, 0.1) is 0 Å². The summed E-state index contributed by atoms with van der Waals surface area (Å²) in [4.78, 5) is 13.7. The number of amides is 1. The van der Waals surface area contributed by atoms with Gasteiger partial charge in [0.2, 0.25) is 5.91 Å². The van der Waals surface area contributed by atoms with E-state index in [1.165, 1.54) is 31.9 Å². The van der Waals surface area contributed by atoms with Crippen LogP contribution in [0.1, 0.15) is 25.7 Å². The highest BCUT2D eigenvalue weighted by Gasteiger charge is 2.35. The van der Waals surface area contributed by atoms with E-state index in [1.807, 2.05) is 0 Å². The number of carbonyl (C=O) groups is 1. The smallest absolute Gasteiger partial charge is 0.243 e. The summed E-state index contributed by atoms with van der Waals surface area (Å²) in [6.45, 7) is 5.84. The first-order valence-electron chi connectivity index (χ1n) is 5.48. The fourth-order valence-corrected chi connectivity index (χ4v) is 2.66. The van der Waals surface area contributed by atoms with Gasteiger partial charge in [-0.25, -0.2) is 0 Å². The van der Waals surface area contributed by atoms with E-state index in [2.05, 4.69) is 16.8 Å². The molecule has 0 aromatic heterocycles. The van der Waals surface area contributed by atoms with Crippen molar-refractivity contribution in [1.29, 1.82) is 0 Å². The molecule has 78 valence electrons. The van der Waals surface area contributed by atoms with Crippen molar-refractivity contribution in [2.24, 2.45) is 0 Å². The number of hydrogen-bond donors (Lipinski definition) is 1. The number of carbonyl (C=O) groups excluding carboxylic acids is 1. The molecule has 2 rings (SSSR count). The first kappa shape index (κ1) is 9.71. The van der Waals surface area contributed by atoms with Crippen molar-refractivity contribution in [3.8, 4) is 0 Å². The zero-order valence-electron chi connectivity index (χ0n) is 8.54. The average Bonchev–Trinajstić information content (AvgIpc) is 2.62. The lowest BCUT2D eigenvalue weighted by atomic mass is 9.99. The first-order chi connectivity index (χ1) is 6.81. The van der Waals surface area contributed by atoms with E-state index in [9.17, 15) is 4.79 Å². The molecule has 0 aromatic carbocycles. The molecule has 3 nitrogen and oxygen atoms in total. The summed E-state index contributed by atoms with van der Waals surface area (Å²) in [5.41, 5.74) is 0. The Bertz CT molecular complexity index is 239. The molecule has 2 aliphatic rings. The predicted octanol–water partition coefficient (Wildman–Crippen LogP) is 0.915. The van der Waals surface area contributed by atoms with E-state index in [0.29, 0.717) is 12.1 Å². The summed E-state index contributed by atoms with van der Waals surface area (Å²) in [6.07, 6.45) is 6.33. The van der Waals surface area contributed by atoms with Crippen LogP contribution in [0.4, 0.5) is 0 Å². The predicted molar refractivity (Wildman–Crippen MR) is 56.0 cm³/mol. The Labute approximate surface area is 85.2 Å². The van der Waals surface area contributed by atoms with E-state index >= 15 is 0 Å². The van der Waals surface area contributed by atoms with Crippen LogP contribution in [0.3, 0.4) is 0 Å². The Morgan fingerprint density at radius 1 is 1.36 bits per heavy atom. The molecule has 2 fully saturated rings. The van der Waals surface area contributed by atoms with Crippen molar-refractivity contribution in [3.05, 3.63) is 12.7 Å². The van der Waals surface area contributed by atoms with Gasteiger partial charge < -0.3 is 5.32 Å². The third-order valence-electron chi connectivity index (χ3n) is 3.37. The van der Waals surface area contributed by atoms with Gasteiger partial charge in [-0.3, -0.25) is 9.69 Å². The molecule has 0 spiro atoms. The van der Waals surface area contributed by atoms with E-state index in [-0.39, 0.29) is 5.91 Å². The largest absolute Gasteiger partial charge is 0.348 e. The highest BCUT2D eigenvalue weighted by molar-refractivity contribution is 5.87. The molecule has 2 aliphatic heterocycles. The Hall–Kier alpha value is -0.830. The zero-order valence-corrected chi connectivity index (χ0v) is 8.54. The van der Waals surface area contributed by atoms with Crippen molar-refractivity contribution in [2.75, 3.05) is 13.1 Å². The van der Waals surface area contributed by atoms with Gasteiger partial charge in [0.1, 0.15) is 0 Å². The summed E-state index contributed by atoms with van der Waals surface area (Å²) in [6, 6.07) is 0.952. The maximum Gasteiger partial charge on any atom is 0.243 e. The molecule has 1 N–H and O–H groups in total. The number of piperidine rings is 1. The highest BCUT2D eigenvalue weighted by Crippen LogP contribution is 2.26. The standard InChI is InChI=1S/C11H18N2O/c1-2-11(14)12-9-6-8-13-7-4-3-5-10(9)13/h2,9-10H,1,3-8H2,(H,12,14). The van der Waals surface area contributed by atoms with Crippen LogP contribution in [-0.2, 0) is 4.79 Å².